The van der Waals surface area contributed by atoms with E-state index in [9.17, 15) is 13.6 Å². The summed E-state index contributed by atoms with van der Waals surface area (Å²) in [5, 5.41) is 6.24. The highest BCUT2D eigenvalue weighted by Crippen LogP contribution is 2.11. The highest BCUT2D eigenvalue weighted by atomic mass is 35.5. The van der Waals surface area contributed by atoms with Gasteiger partial charge in [0.2, 0.25) is 5.91 Å². The molecule has 2 rings (SSSR count). The fourth-order valence-electron chi connectivity index (χ4n) is 2.38. The van der Waals surface area contributed by atoms with Crippen LogP contribution in [-0.4, -0.2) is 24.5 Å². The van der Waals surface area contributed by atoms with Gasteiger partial charge in [-0.1, -0.05) is 6.07 Å². The SMILES string of the molecule is CC1CC(NC(=O)Cc2ccc(F)c(F)c2)CCN1.Cl. The highest BCUT2D eigenvalue weighted by molar-refractivity contribution is 5.85. The fourth-order valence-corrected chi connectivity index (χ4v) is 2.38. The van der Waals surface area contributed by atoms with Gasteiger partial charge >= 0.3 is 0 Å². The zero-order valence-electron chi connectivity index (χ0n) is 11.3. The van der Waals surface area contributed by atoms with Crippen LogP contribution in [-0.2, 0) is 11.2 Å². The molecular weight excluding hydrogens is 286 g/mol. The van der Waals surface area contributed by atoms with Crippen LogP contribution >= 0.6 is 12.4 Å². The predicted molar refractivity (Wildman–Crippen MR) is 75.9 cm³/mol. The quantitative estimate of drug-likeness (QED) is 0.899. The number of hydrogen-bond acceptors (Lipinski definition) is 2. The lowest BCUT2D eigenvalue weighted by Crippen LogP contribution is -2.46. The second-order valence-corrected chi connectivity index (χ2v) is 5.07. The molecular formula is C14H19ClF2N2O. The molecule has 20 heavy (non-hydrogen) atoms. The first kappa shape index (κ1) is 16.9. The van der Waals surface area contributed by atoms with E-state index in [0.717, 1.165) is 31.5 Å². The van der Waals surface area contributed by atoms with Crippen LogP contribution in [0, 0.1) is 11.6 Å². The average Bonchev–Trinajstić information content (AvgIpc) is 2.34. The number of carbonyl (C=O) groups excluding carboxylic acids is 1. The normalized spacial score (nSPS) is 21.9. The third-order valence-electron chi connectivity index (χ3n) is 3.34. The van der Waals surface area contributed by atoms with Crippen molar-refractivity contribution in [3.63, 3.8) is 0 Å². The standard InChI is InChI=1S/C14H18F2N2O.ClH/c1-9-6-11(4-5-17-9)18-14(19)8-10-2-3-12(15)13(16)7-10;/h2-3,7,9,11,17H,4-6,8H2,1H3,(H,18,19);1H. The largest absolute Gasteiger partial charge is 0.353 e. The molecule has 1 heterocycles. The maximum absolute atomic E-state index is 13.0. The third kappa shape index (κ3) is 4.72. The molecule has 0 aromatic heterocycles. The van der Waals surface area contributed by atoms with Gasteiger partial charge in [-0.25, -0.2) is 8.78 Å². The summed E-state index contributed by atoms with van der Waals surface area (Å²) in [6.45, 7) is 2.96. The molecule has 1 saturated heterocycles. The Kier molecular flexibility index (Phi) is 6.36. The minimum atomic E-state index is -0.916. The molecule has 112 valence electrons. The topological polar surface area (TPSA) is 41.1 Å². The zero-order valence-corrected chi connectivity index (χ0v) is 12.1. The van der Waals surface area contributed by atoms with E-state index in [1.165, 1.54) is 6.07 Å². The van der Waals surface area contributed by atoms with Crippen LogP contribution in [0.5, 0.6) is 0 Å². The molecule has 1 aliphatic rings. The first-order chi connectivity index (χ1) is 9.04. The average molecular weight is 305 g/mol. The summed E-state index contributed by atoms with van der Waals surface area (Å²) < 4.78 is 25.8. The van der Waals surface area contributed by atoms with Crippen LogP contribution in [0.1, 0.15) is 25.3 Å². The van der Waals surface area contributed by atoms with Crippen LogP contribution in [0.3, 0.4) is 0 Å². The Labute approximate surface area is 123 Å². The Morgan fingerprint density at radius 2 is 2.15 bits per heavy atom. The van der Waals surface area contributed by atoms with Crippen molar-refractivity contribution in [2.45, 2.75) is 38.3 Å². The maximum Gasteiger partial charge on any atom is 0.224 e. The van der Waals surface area contributed by atoms with Crippen molar-refractivity contribution in [3.05, 3.63) is 35.4 Å². The van der Waals surface area contributed by atoms with Crippen LogP contribution < -0.4 is 10.6 Å². The lowest BCUT2D eigenvalue weighted by molar-refractivity contribution is -0.121. The summed E-state index contributed by atoms with van der Waals surface area (Å²) in [6.07, 6.45) is 1.87. The van der Waals surface area contributed by atoms with Crippen molar-refractivity contribution >= 4 is 18.3 Å². The maximum atomic E-state index is 13.0. The smallest absolute Gasteiger partial charge is 0.224 e. The van der Waals surface area contributed by atoms with Crippen molar-refractivity contribution in [2.75, 3.05) is 6.54 Å². The van der Waals surface area contributed by atoms with Gasteiger partial charge in [0, 0.05) is 12.1 Å². The first-order valence-electron chi connectivity index (χ1n) is 6.51. The Morgan fingerprint density at radius 1 is 1.40 bits per heavy atom. The molecule has 1 aliphatic heterocycles. The summed E-state index contributed by atoms with van der Waals surface area (Å²) in [7, 11) is 0. The molecule has 3 nitrogen and oxygen atoms in total. The van der Waals surface area contributed by atoms with E-state index >= 15 is 0 Å². The summed E-state index contributed by atoms with van der Waals surface area (Å²) in [5.41, 5.74) is 0.485. The van der Waals surface area contributed by atoms with E-state index in [-0.39, 0.29) is 30.8 Å². The molecule has 1 aromatic carbocycles. The van der Waals surface area contributed by atoms with Gasteiger partial charge in [-0.15, -0.1) is 12.4 Å². The van der Waals surface area contributed by atoms with Gasteiger partial charge in [-0.2, -0.15) is 0 Å². The molecule has 0 bridgehead atoms. The Morgan fingerprint density at radius 3 is 2.80 bits per heavy atom. The molecule has 2 unspecified atom stereocenters. The molecule has 1 aromatic rings. The zero-order chi connectivity index (χ0) is 13.8. The number of hydrogen-bond donors (Lipinski definition) is 2. The summed E-state index contributed by atoms with van der Waals surface area (Å²) >= 11 is 0. The van der Waals surface area contributed by atoms with Gasteiger partial charge in [0.25, 0.3) is 0 Å². The molecule has 1 amide bonds. The van der Waals surface area contributed by atoms with Crippen LogP contribution in [0.15, 0.2) is 18.2 Å². The number of benzene rings is 1. The molecule has 2 atom stereocenters. The number of amides is 1. The monoisotopic (exact) mass is 304 g/mol. The Balaban J connectivity index is 0.00000200. The van der Waals surface area contributed by atoms with Gasteiger partial charge < -0.3 is 10.6 Å². The number of rotatable bonds is 3. The molecule has 0 saturated carbocycles. The third-order valence-corrected chi connectivity index (χ3v) is 3.34. The molecule has 1 fully saturated rings. The van der Waals surface area contributed by atoms with E-state index in [1.807, 2.05) is 0 Å². The second kappa shape index (κ2) is 7.55. The van der Waals surface area contributed by atoms with E-state index in [1.54, 1.807) is 0 Å². The summed E-state index contributed by atoms with van der Waals surface area (Å²) in [4.78, 5) is 11.8. The summed E-state index contributed by atoms with van der Waals surface area (Å²) in [5.74, 6) is -1.96. The highest BCUT2D eigenvalue weighted by Gasteiger charge is 2.19. The molecule has 2 N–H and O–H groups in total. The van der Waals surface area contributed by atoms with Gasteiger partial charge in [-0.05, 0) is 44.0 Å². The van der Waals surface area contributed by atoms with E-state index < -0.39 is 11.6 Å². The second-order valence-electron chi connectivity index (χ2n) is 5.07. The fraction of sp³-hybridized carbons (Fsp3) is 0.500. The minimum Gasteiger partial charge on any atom is -0.353 e. The van der Waals surface area contributed by atoms with Crippen molar-refractivity contribution < 1.29 is 13.6 Å². The molecule has 0 spiro atoms. The van der Waals surface area contributed by atoms with Crippen molar-refractivity contribution in [1.29, 1.82) is 0 Å². The van der Waals surface area contributed by atoms with Crippen molar-refractivity contribution in [1.82, 2.24) is 10.6 Å². The minimum absolute atomic E-state index is 0. The van der Waals surface area contributed by atoms with Crippen molar-refractivity contribution in [2.24, 2.45) is 0 Å². The first-order valence-corrected chi connectivity index (χ1v) is 6.51. The lowest BCUT2D eigenvalue weighted by atomic mass is 10.0. The summed E-state index contributed by atoms with van der Waals surface area (Å²) in [6, 6.07) is 4.10. The molecule has 0 radical (unpaired) electrons. The number of carbonyl (C=O) groups is 1. The van der Waals surface area contributed by atoms with E-state index in [4.69, 9.17) is 0 Å². The van der Waals surface area contributed by atoms with Crippen LogP contribution in [0.4, 0.5) is 8.78 Å². The Bertz CT molecular complexity index is 470. The van der Waals surface area contributed by atoms with E-state index in [0.29, 0.717) is 11.6 Å². The van der Waals surface area contributed by atoms with Gasteiger partial charge in [0.15, 0.2) is 11.6 Å². The molecule has 0 aliphatic carbocycles. The van der Waals surface area contributed by atoms with Crippen molar-refractivity contribution in [3.8, 4) is 0 Å². The van der Waals surface area contributed by atoms with Gasteiger partial charge in [-0.3, -0.25) is 4.79 Å². The van der Waals surface area contributed by atoms with Crippen LogP contribution in [0.2, 0.25) is 0 Å². The van der Waals surface area contributed by atoms with Gasteiger partial charge in [0.05, 0.1) is 6.42 Å². The van der Waals surface area contributed by atoms with E-state index in [2.05, 4.69) is 17.6 Å². The number of piperidine rings is 1. The number of nitrogens with one attached hydrogen (secondary N) is 2. The predicted octanol–water partition coefficient (Wildman–Crippen LogP) is 2.19. The number of halogens is 3. The van der Waals surface area contributed by atoms with Gasteiger partial charge in [0.1, 0.15) is 0 Å². The van der Waals surface area contributed by atoms with Crippen LogP contribution in [0.25, 0.3) is 0 Å². The lowest BCUT2D eigenvalue weighted by Gasteiger charge is -2.28. The molecule has 6 heteroatoms. The Hall–Kier alpha value is -1.20.